The van der Waals surface area contributed by atoms with Crippen molar-refractivity contribution in [2.75, 3.05) is 0 Å². The van der Waals surface area contributed by atoms with E-state index < -0.39 is 23.2 Å². The van der Waals surface area contributed by atoms with Crippen molar-refractivity contribution in [3.05, 3.63) is 63.6 Å². The molecule has 106 valence electrons. The molecule has 0 fully saturated rings. The predicted octanol–water partition coefficient (Wildman–Crippen LogP) is 3.97. The van der Waals surface area contributed by atoms with Gasteiger partial charge in [-0.25, -0.2) is 18.2 Å². The van der Waals surface area contributed by atoms with Gasteiger partial charge in [0.05, 0.1) is 0 Å². The molecule has 0 aliphatic rings. The SMILES string of the molecule is O=C(c1cc(F)c(F)c(F)c1)c1c[nH]c2ncc(Br)cc12. The number of pyridine rings is 1. The molecule has 0 atom stereocenters. The fourth-order valence-electron chi connectivity index (χ4n) is 2.01. The van der Waals surface area contributed by atoms with Crippen LogP contribution in [0.4, 0.5) is 13.2 Å². The molecule has 0 bridgehead atoms. The minimum absolute atomic E-state index is 0.198. The van der Waals surface area contributed by atoms with Gasteiger partial charge in [-0.05, 0) is 34.1 Å². The van der Waals surface area contributed by atoms with Crippen LogP contribution < -0.4 is 0 Å². The number of rotatable bonds is 2. The summed E-state index contributed by atoms with van der Waals surface area (Å²) in [5.74, 6) is -5.04. The Balaban J connectivity index is 2.15. The molecular formula is C14H6BrF3N2O. The van der Waals surface area contributed by atoms with Gasteiger partial charge in [0.1, 0.15) is 5.65 Å². The number of ketones is 1. The van der Waals surface area contributed by atoms with Gasteiger partial charge in [0.2, 0.25) is 0 Å². The second-order valence-corrected chi connectivity index (χ2v) is 5.25. The highest BCUT2D eigenvalue weighted by atomic mass is 79.9. The molecule has 0 spiro atoms. The van der Waals surface area contributed by atoms with E-state index in [1.54, 1.807) is 12.3 Å². The molecular weight excluding hydrogens is 349 g/mol. The Kier molecular flexibility index (Phi) is 3.29. The second kappa shape index (κ2) is 5.00. The van der Waals surface area contributed by atoms with E-state index in [2.05, 4.69) is 25.9 Å². The van der Waals surface area contributed by atoms with Crippen molar-refractivity contribution in [3.8, 4) is 0 Å². The second-order valence-electron chi connectivity index (χ2n) is 4.34. The molecule has 0 amide bonds. The first-order valence-electron chi connectivity index (χ1n) is 5.79. The standard InChI is InChI=1S/C14H6BrF3N2O/c15-7-3-8-9(5-20-14(8)19-4-7)13(21)6-1-10(16)12(18)11(17)2-6/h1-5H,(H,19,20). The molecule has 7 heteroatoms. The maximum absolute atomic E-state index is 13.2. The lowest BCUT2D eigenvalue weighted by molar-refractivity contribution is 0.103. The van der Waals surface area contributed by atoms with Crippen LogP contribution in [-0.2, 0) is 0 Å². The van der Waals surface area contributed by atoms with Crippen molar-refractivity contribution in [1.82, 2.24) is 9.97 Å². The molecule has 21 heavy (non-hydrogen) atoms. The highest BCUT2D eigenvalue weighted by molar-refractivity contribution is 9.10. The van der Waals surface area contributed by atoms with Gasteiger partial charge < -0.3 is 4.98 Å². The number of nitrogens with one attached hydrogen (secondary N) is 1. The maximum atomic E-state index is 13.2. The molecule has 0 radical (unpaired) electrons. The smallest absolute Gasteiger partial charge is 0.195 e. The third kappa shape index (κ3) is 2.33. The van der Waals surface area contributed by atoms with Crippen molar-refractivity contribution in [1.29, 1.82) is 0 Å². The van der Waals surface area contributed by atoms with Crippen LogP contribution >= 0.6 is 15.9 Å². The molecule has 3 aromatic rings. The van der Waals surface area contributed by atoms with Gasteiger partial charge in [0.25, 0.3) is 0 Å². The molecule has 0 unspecified atom stereocenters. The van der Waals surface area contributed by atoms with Crippen LogP contribution in [0.1, 0.15) is 15.9 Å². The van der Waals surface area contributed by atoms with Crippen molar-refractivity contribution in [2.45, 2.75) is 0 Å². The van der Waals surface area contributed by atoms with Crippen LogP contribution in [0.5, 0.6) is 0 Å². The van der Waals surface area contributed by atoms with Gasteiger partial charge in [-0.2, -0.15) is 0 Å². The molecule has 3 rings (SSSR count). The molecule has 1 aromatic carbocycles. The van der Waals surface area contributed by atoms with Gasteiger partial charge in [0.15, 0.2) is 23.2 Å². The van der Waals surface area contributed by atoms with E-state index in [0.717, 1.165) is 0 Å². The van der Waals surface area contributed by atoms with Crippen molar-refractivity contribution in [3.63, 3.8) is 0 Å². The number of hydrogen-bond acceptors (Lipinski definition) is 2. The van der Waals surface area contributed by atoms with Gasteiger partial charge in [-0.3, -0.25) is 4.79 Å². The zero-order chi connectivity index (χ0) is 15.1. The van der Waals surface area contributed by atoms with E-state index in [9.17, 15) is 18.0 Å². The third-order valence-corrected chi connectivity index (χ3v) is 3.42. The lowest BCUT2D eigenvalue weighted by atomic mass is 10.0. The highest BCUT2D eigenvalue weighted by Gasteiger charge is 2.19. The summed E-state index contributed by atoms with van der Waals surface area (Å²) in [6, 6.07) is 3.00. The van der Waals surface area contributed by atoms with Crippen molar-refractivity contribution < 1.29 is 18.0 Å². The Morgan fingerprint density at radius 1 is 1.14 bits per heavy atom. The Morgan fingerprint density at radius 2 is 1.81 bits per heavy atom. The van der Waals surface area contributed by atoms with Gasteiger partial charge in [-0.1, -0.05) is 0 Å². The predicted molar refractivity (Wildman–Crippen MR) is 73.5 cm³/mol. The minimum atomic E-state index is -1.60. The highest BCUT2D eigenvalue weighted by Crippen LogP contribution is 2.24. The summed E-state index contributed by atoms with van der Waals surface area (Å²) >= 11 is 3.23. The first kappa shape index (κ1) is 13.8. The number of aromatic nitrogens is 2. The number of aromatic amines is 1. The topological polar surface area (TPSA) is 45.8 Å². The average Bonchev–Trinajstić information content (AvgIpc) is 2.86. The van der Waals surface area contributed by atoms with Crippen LogP contribution in [0.3, 0.4) is 0 Å². The first-order chi connectivity index (χ1) is 9.97. The van der Waals surface area contributed by atoms with Gasteiger partial charge in [-0.15, -0.1) is 0 Å². The molecule has 0 saturated carbocycles. The largest absolute Gasteiger partial charge is 0.345 e. The zero-order valence-corrected chi connectivity index (χ0v) is 11.8. The van der Waals surface area contributed by atoms with E-state index in [4.69, 9.17) is 0 Å². The number of carbonyl (C=O) groups excluding carboxylic acids is 1. The summed E-state index contributed by atoms with van der Waals surface area (Å²) in [6.07, 6.45) is 2.94. The Morgan fingerprint density at radius 3 is 2.48 bits per heavy atom. The lowest BCUT2D eigenvalue weighted by Crippen LogP contribution is -2.04. The first-order valence-corrected chi connectivity index (χ1v) is 6.58. The number of halogens is 4. The normalized spacial score (nSPS) is 11.0. The van der Waals surface area contributed by atoms with Crippen molar-refractivity contribution >= 4 is 32.7 Å². The van der Waals surface area contributed by atoms with Crippen LogP contribution in [0, 0.1) is 17.5 Å². The fourth-order valence-corrected chi connectivity index (χ4v) is 2.34. The molecule has 0 aliphatic carbocycles. The molecule has 0 saturated heterocycles. The number of hydrogen-bond donors (Lipinski definition) is 1. The van der Waals surface area contributed by atoms with Gasteiger partial charge >= 0.3 is 0 Å². The molecule has 3 nitrogen and oxygen atoms in total. The van der Waals surface area contributed by atoms with Crippen molar-refractivity contribution in [2.24, 2.45) is 0 Å². The van der Waals surface area contributed by atoms with Crippen LogP contribution in [-0.4, -0.2) is 15.8 Å². The fraction of sp³-hybridized carbons (Fsp3) is 0. The molecule has 2 heterocycles. The van der Waals surface area contributed by atoms with E-state index in [-0.39, 0.29) is 11.1 Å². The Labute approximate surface area is 124 Å². The van der Waals surface area contributed by atoms with E-state index >= 15 is 0 Å². The molecule has 1 N–H and O–H groups in total. The number of nitrogens with zero attached hydrogens (tertiary/aromatic N) is 1. The summed E-state index contributed by atoms with van der Waals surface area (Å²) in [5, 5.41) is 0.500. The minimum Gasteiger partial charge on any atom is -0.345 e. The lowest BCUT2D eigenvalue weighted by Gasteiger charge is -2.02. The summed E-state index contributed by atoms with van der Waals surface area (Å²) in [5.41, 5.74) is 0.390. The zero-order valence-electron chi connectivity index (χ0n) is 10.3. The maximum Gasteiger partial charge on any atom is 0.195 e. The average molecular weight is 355 g/mol. The Hall–Kier alpha value is -2.15. The molecule has 0 aliphatic heterocycles. The number of benzene rings is 1. The monoisotopic (exact) mass is 354 g/mol. The Bertz CT molecular complexity index is 853. The van der Waals surface area contributed by atoms with E-state index in [1.165, 1.54) is 6.20 Å². The van der Waals surface area contributed by atoms with E-state index in [1.807, 2.05) is 0 Å². The molecule has 2 aromatic heterocycles. The summed E-state index contributed by atoms with van der Waals surface area (Å²) in [4.78, 5) is 19.2. The quantitative estimate of drug-likeness (QED) is 0.559. The third-order valence-electron chi connectivity index (χ3n) is 2.99. The summed E-state index contributed by atoms with van der Waals surface area (Å²) < 4.78 is 40.0. The summed E-state index contributed by atoms with van der Waals surface area (Å²) in [7, 11) is 0. The van der Waals surface area contributed by atoms with Gasteiger partial charge in [0, 0.05) is 33.4 Å². The van der Waals surface area contributed by atoms with Crippen LogP contribution in [0.15, 0.2) is 35.1 Å². The number of H-pyrrole nitrogens is 1. The summed E-state index contributed by atoms with van der Waals surface area (Å²) in [6.45, 7) is 0. The van der Waals surface area contributed by atoms with Crippen LogP contribution in [0.25, 0.3) is 11.0 Å². The van der Waals surface area contributed by atoms with E-state index in [0.29, 0.717) is 27.6 Å². The number of carbonyl (C=O) groups is 1. The number of fused-ring (bicyclic) bond motifs is 1. The van der Waals surface area contributed by atoms with Crippen LogP contribution in [0.2, 0.25) is 0 Å².